The number of fused-ring (bicyclic) bond motifs is 1. The fraction of sp³-hybridized carbons (Fsp3) is 0.167. The van der Waals surface area contributed by atoms with Crippen molar-refractivity contribution in [3.63, 3.8) is 0 Å². The predicted octanol–water partition coefficient (Wildman–Crippen LogP) is 3.82. The Labute approximate surface area is 122 Å². The van der Waals surface area contributed by atoms with Gasteiger partial charge in [-0.25, -0.2) is 4.79 Å². The summed E-state index contributed by atoms with van der Waals surface area (Å²) in [5.74, 6) is 0.310. The molecular weight excluding hydrogens is 264 g/mol. The van der Waals surface area contributed by atoms with E-state index in [0.29, 0.717) is 11.1 Å². The average Bonchev–Trinajstić information content (AvgIpc) is 2.47. The number of aliphatic hydroxyl groups excluding tert-OH is 1. The van der Waals surface area contributed by atoms with Crippen LogP contribution in [0, 0.1) is 6.92 Å². The molecule has 1 atom stereocenters. The van der Waals surface area contributed by atoms with E-state index in [1.165, 1.54) is 0 Å². The van der Waals surface area contributed by atoms with Gasteiger partial charge in [-0.15, -0.1) is 0 Å². The van der Waals surface area contributed by atoms with Gasteiger partial charge < -0.3 is 9.52 Å². The highest BCUT2D eigenvalue weighted by Crippen LogP contribution is 2.34. The summed E-state index contributed by atoms with van der Waals surface area (Å²) in [4.78, 5) is 12.1. The molecule has 0 saturated heterocycles. The molecule has 0 spiro atoms. The van der Waals surface area contributed by atoms with E-state index < -0.39 is 11.7 Å². The molecule has 0 aliphatic heterocycles. The van der Waals surface area contributed by atoms with Gasteiger partial charge in [0.1, 0.15) is 11.9 Å². The van der Waals surface area contributed by atoms with Crippen LogP contribution in [0.3, 0.4) is 0 Å². The second-order valence-electron chi connectivity index (χ2n) is 5.22. The van der Waals surface area contributed by atoms with Gasteiger partial charge in [0, 0.05) is 10.9 Å². The number of benzene rings is 2. The fourth-order valence-electron chi connectivity index (χ4n) is 2.58. The molecule has 106 valence electrons. The largest absolute Gasteiger partial charge is 0.424 e. The molecule has 1 N–H and O–H groups in total. The van der Waals surface area contributed by atoms with Crippen LogP contribution in [-0.2, 0) is 0 Å². The van der Waals surface area contributed by atoms with Crippen molar-refractivity contribution in [1.29, 1.82) is 0 Å². The van der Waals surface area contributed by atoms with E-state index in [9.17, 15) is 9.90 Å². The van der Waals surface area contributed by atoms with Crippen molar-refractivity contribution in [2.75, 3.05) is 0 Å². The van der Waals surface area contributed by atoms with Crippen molar-refractivity contribution in [1.82, 2.24) is 0 Å². The predicted molar refractivity (Wildman–Crippen MR) is 83.3 cm³/mol. The minimum absolute atomic E-state index is 0.310. The zero-order valence-electron chi connectivity index (χ0n) is 12.0. The second kappa shape index (κ2) is 5.19. The van der Waals surface area contributed by atoms with Crippen LogP contribution in [0.1, 0.15) is 24.4 Å². The summed E-state index contributed by atoms with van der Waals surface area (Å²) < 4.78 is 5.37. The minimum atomic E-state index is -0.849. The zero-order chi connectivity index (χ0) is 15.0. The highest BCUT2D eigenvalue weighted by molar-refractivity contribution is 5.97. The third-order valence-electron chi connectivity index (χ3n) is 3.56. The Morgan fingerprint density at radius 2 is 1.76 bits per heavy atom. The highest BCUT2D eigenvalue weighted by atomic mass is 16.4. The summed E-state index contributed by atoms with van der Waals surface area (Å²) in [5.41, 5.74) is 2.35. The molecule has 0 saturated carbocycles. The van der Waals surface area contributed by atoms with Crippen LogP contribution < -0.4 is 5.63 Å². The van der Waals surface area contributed by atoms with Crippen LogP contribution >= 0.6 is 0 Å². The first-order valence-corrected chi connectivity index (χ1v) is 6.89. The maximum absolute atomic E-state index is 12.1. The maximum Gasteiger partial charge on any atom is 0.343 e. The Morgan fingerprint density at radius 1 is 1.05 bits per heavy atom. The molecule has 0 aliphatic carbocycles. The van der Waals surface area contributed by atoms with Crippen LogP contribution in [0.4, 0.5) is 0 Å². The van der Waals surface area contributed by atoms with Crippen molar-refractivity contribution in [3.8, 4) is 11.1 Å². The molecule has 1 aromatic heterocycles. The van der Waals surface area contributed by atoms with Crippen LogP contribution in [0.5, 0.6) is 0 Å². The highest BCUT2D eigenvalue weighted by Gasteiger charge is 2.18. The molecule has 0 bridgehead atoms. The third kappa shape index (κ3) is 2.36. The molecule has 3 aromatic rings. The molecular formula is C18H16O3. The number of hydrogen-bond donors (Lipinski definition) is 1. The zero-order valence-corrected chi connectivity index (χ0v) is 12.0. The number of rotatable bonds is 2. The Hall–Kier alpha value is -2.39. The lowest BCUT2D eigenvalue weighted by Crippen LogP contribution is -2.07. The molecule has 3 nitrogen and oxygen atoms in total. The lowest BCUT2D eigenvalue weighted by molar-refractivity contribution is 0.166. The van der Waals surface area contributed by atoms with Crippen LogP contribution in [0.2, 0.25) is 0 Å². The normalized spacial score (nSPS) is 12.5. The van der Waals surface area contributed by atoms with Gasteiger partial charge in [-0.2, -0.15) is 0 Å². The van der Waals surface area contributed by atoms with Crippen LogP contribution in [-0.4, -0.2) is 5.11 Å². The summed E-state index contributed by atoms with van der Waals surface area (Å²) >= 11 is 0. The summed E-state index contributed by atoms with van der Waals surface area (Å²) in [6.07, 6.45) is -0.849. The molecule has 0 fully saturated rings. The first-order chi connectivity index (χ1) is 10.1. The van der Waals surface area contributed by atoms with E-state index in [1.54, 1.807) is 13.0 Å². The van der Waals surface area contributed by atoms with Gasteiger partial charge in [0.2, 0.25) is 0 Å². The lowest BCUT2D eigenvalue weighted by atomic mass is 9.96. The second-order valence-corrected chi connectivity index (χ2v) is 5.22. The average molecular weight is 280 g/mol. The number of hydrogen-bond acceptors (Lipinski definition) is 3. The summed E-state index contributed by atoms with van der Waals surface area (Å²) in [7, 11) is 0. The standard InChI is InChI=1S/C18H16O3/c1-11-8-9-14-15(10-11)16(13-6-4-3-5-7-13)17(12(2)19)21-18(14)20/h3-10,12,19H,1-2H3. The molecule has 21 heavy (non-hydrogen) atoms. The Bertz CT molecular complexity index is 845. The van der Waals surface area contributed by atoms with E-state index in [-0.39, 0.29) is 0 Å². The first-order valence-electron chi connectivity index (χ1n) is 6.89. The van der Waals surface area contributed by atoms with Gasteiger partial charge in [-0.05, 0) is 25.5 Å². The summed E-state index contributed by atoms with van der Waals surface area (Å²) in [6.45, 7) is 3.58. The molecule has 0 aliphatic rings. The van der Waals surface area contributed by atoms with E-state index in [1.807, 2.05) is 49.4 Å². The molecule has 1 unspecified atom stereocenters. The van der Waals surface area contributed by atoms with Gasteiger partial charge >= 0.3 is 5.63 Å². The van der Waals surface area contributed by atoms with Crippen molar-refractivity contribution in [2.24, 2.45) is 0 Å². The van der Waals surface area contributed by atoms with E-state index >= 15 is 0 Å². The van der Waals surface area contributed by atoms with Gasteiger partial charge in [-0.1, -0.05) is 48.0 Å². The molecule has 2 aromatic carbocycles. The SMILES string of the molecule is Cc1ccc2c(=O)oc(C(C)O)c(-c3ccccc3)c2c1. The van der Waals surface area contributed by atoms with Gasteiger partial charge in [0.25, 0.3) is 0 Å². The molecule has 3 rings (SSSR count). The Balaban J connectivity index is 2.49. The quantitative estimate of drug-likeness (QED) is 0.776. The minimum Gasteiger partial charge on any atom is -0.424 e. The number of aryl methyl sites for hydroxylation is 1. The lowest BCUT2D eigenvalue weighted by Gasteiger charge is -2.14. The van der Waals surface area contributed by atoms with Gasteiger partial charge in [-0.3, -0.25) is 0 Å². The van der Waals surface area contributed by atoms with Crippen molar-refractivity contribution in [2.45, 2.75) is 20.0 Å². The first kappa shape index (κ1) is 13.6. The molecule has 1 heterocycles. The molecule has 3 heteroatoms. The van der Waals surface area contributed by atoms with E-state index in [0.717, 1.165) is 22.1 Å². The summed E-state index contributed by atoms with van der Waals surface area (Å²) in [5, 5.41) is 11.3. The summed E-state index contributed by atoms with van der Waals surface area (Å²) in [6, 6.07) is 15.3. The maximum atomic E-state index is 12.1. The van der Waals surface area contributed by atoms with E-state index in [4.69, 9.17) is 4.42 Å². The van der Waals surface area contributed by atoms with Crippen molar-refractivity contribution >= 4 is 10.8 Å². The topological polar surface area (TPSA) is 50.4 Å². The van der Waals surface area contributed by atoms with Gasteiger partial charge in [0.05, 0.1) is 5.39 Å². The van der Waals surface area contributed by atoms with Crippen molar-refractivity contribution < 1.29 is 9.52 Å². The Kier molecular flexibility index (Phi) is 3.35. The monoisotopic (exact) mass is 280 g/mol. The van der Waals surface area contributed by atoms with Crippen LogP contribution in [0.25, 0.3) is 21.9 Å². The Morgan fingerprint density at radius 3 is 2.43 bits per heavy atom. The van der Waals surface area contributed by atoms with E-state index in [2.05, 4.69) is 0 Å². The fourth-order valence-corrected chi connectivity index (χ4v) is 2.58. The third-order valence-corrected chi connectivity index (χ3v) is 3.56. The van der Waals surface area contributed by atoms with Crippen LogP contribution in [0.15, 0.2) is 57.7 Å². The number of aliphatic hydroxyl groups is 1. The molecule has 0 amide bonds. The molecule has 0 radical (unpaired) electrons. The van der Waals surface area contributed by atoms with Crippen molar-refractivity contribution in [3.05, 3.63) is 70.3 Å². The van der Waals surface area contributed by atoms with Gasteiger partial charge in [0.15, 0.2) is 0 Å². The smallest absolute Gasteiger partial charge is 0.343 e.